The van der Waals surface area contributed by atoms with Crippen LogP contribution in [0.1, 0.15) is 66.6 Å². The molecule has 0 bridgehead atoms. The molecule has 0 radical (unpaired) electrons. The molecule has 3 heteroatoms. The van der Waals surface area contributed by atoms with E-state index in [1.54, 1.807) is 0 Å². The first-order valence-corrected chi connectivity index (χ1v) is 17.4. The molecule has 10 rings (SSSR count). The molecule has 4 aliphatic heterocycles. The molecular weight excluding hydrogens is 579 g/mol. The minimum Gasteiger partial charge on any atom is -0.376 e. The Bertz CT molecular complexity index is 2390. The van der Waals surface area contributed by atoms with Gasteiger partial charge in [-0.1, -0.05) is 118 Å². The van der Waals surface area contributed by atoms with Gasteiger partial charge in [0, 0.05) is 39.1 Å². The Hall–Kier alpha value is -5.02. The van der Waals surface area contributed by atoms with Gasteiger partial charge in [0.05, 0.1) is 5.69 Å². The standard InChI is InChI=1S/C45H39BN2/c1-26-22-27(2)40(28(3)23-26)29-24-31-30-14-12-17-34-42(30)48(38-21-11-9-16-33(38)45(34,6)7)46-36-19-13-18-35-43(36)47(39(25-29)41(31)46)37-20-10-8-15-32(37)44(35,4)5/h8-25H,1-7H3. The summed E-state index contributed by atoms with van der Waals surface area (Å²) in [4.78, 5) is 5.33. The fourth-order valence-corrected chi connectivity index (χ4v) is 10.1. The summed E-state index contributed by atoms with van der Waals surface area (Å²) in [6, 6.07) is 42.1. The molecule has 2 nitrogen and oxygen atoms in total. The Labute approximate surface area is 284 Å². The highest BCUT2D eigenvalue weighted by Gasteiger charge is 2.52. The number of rotatable bonds is 1. The van der Waals surface area contributed by atoms with Crippen LogP contribution < -0.4 is 20.6 Å². The largest absolute Gasteiger partial charge is 0.376 e. The van der Waals surface area contributed by atoms with Crippen LogP contribution in [0.2, 0.25) is 0 Å². The van der Waals surface area contributed by atoms with E-state index in [1.807, 2.05) is 0 Å². The average molecular weight is 619 g/mol. The van der Waals surface area contributed by atoms with Crippen LogP contribution in [-0.4, -0.2) is 6.85 Å². The molecule has 0 saturated heterocycles. The highest BCUT2D eigenvalue weighted by atomic mass is 15.2. The van der Waals surface area contributed by atoms with E-state index in [0.717, 1.165) is 0 Å². The molecule has 0 unspecified atom stereocenters. The molecule has 0 spiro atoms. The average Bonchev–Trinajstić information content (AvgIpc) is 3.06. The third-order valence-corrected chi connectivity index (χ3v) is 12.1. The van der Waals surface area contributed by atoms with E-state index in [0.29, 0.717) is 0 Å². The van der Waals surface area contributed by atoms with Gasteiger partial charge < -0.3 is 9.71 Å². The quantitative estimate of drug-likeness (QED) is 0.169. The van der Waals surface area contributed by atoms with Gasteiger partial charge in [0.1, 0.15) is 0 Å². The Kier molecular flexibility index (Phi) is 5.32. The van der Waals surface area contributed by atoms with Crippen molar-refractivity contribution in [1.29, 1.82) is 0 Å². The van der Waals surface area contributed by atoms with Crippen LogP contribution in [0.25, 0.3) is 22.3 Å². The smallest absolute Gasteiger partial charge is 0.333 e. The second-order valence-electron chi connectivity index (χ2n) is 15.6. The molecule has 0 aromatic heterocycles. The predicted molar refractivity (Wildman–Crippen MR) is 204 cm³/mol. The predicted octanol–water partition coefficient (Wildman–Crippen LogP) is 10.3. The lowest BCUT2D eigenvalue weighted by molar-refractivity contribution is 0.632. The van der Waals surface area contributed by atoms with Gasteiger partial charge in [0.25, 0.3) is 0 Å². The summed E-state index contributed by atoms with van der Waals surface area (Å²) in [6.07, 6.45) is 0. The van der Waals surface area contributed by atoms with Crippen LogP contribution in [0.3, 0.4) is 0 Å². The Balaban J connectivity index is 1.40. The Morgan fingerprint density at radius 3 is 1.81 bits per heavy atom. The lowest BCUT2D eigenvalue weighted by Crippen LogP contribution is -2.63. The van der Waals surface area contributed by atoms with Gasteiger partial charge in [-0.15, -0.1) is 0 Å². The number of hydrogen-bond donors (Lipinski definition) is 0. The zero-order valence-electron chi connectivity index (χ0n) is 28.9. The Morgan fingerprint density at radius 1 is 0.521 bits per heavy atom. The van der Waals surface area contributed by atoms with Crippen molar-refractivity contribution in [3.63, 3.8) is 0 Å². The molecule has 6 aromatic rings. The fraction of sp³-hybridized carbons (Fsp3) is 0.200. The lowest BCUT2D eigenvalue weighted by Gasteiger charge is -2.53. The van der Waals surface area contributed by atoms with E-state index in [2.05, 4.69) is 167 Å². The van der Waals surface area contributed by atoms with Gasteiger partial charge in [0.15, 0.2) is 0 Å². The zero-order valence-corrected chi connectivity index (χ0v) is 28.9. The summed E-state index contributed by atoms with van der Waals surface area (Å²) < 4.78 is 0. The van der Waals surface area contributed by atoms with E-state index in [4.69, 9.17) is 0 Å². The van der Waals surface area contributed by atoms with Crippen molar-refractivity contribution >= 4 is 46.2 Å². The zero-order chi connectivity index (χ0) is 32.9. The summed E-state index contributed by atoms with van der Waals surface area (Å²) in [5, 5.41) is 0. The minimum atomic E-state index is -0.139. The van der Waals surface area contributed by atoms with Gasteiger partial charge >= 0.3 is 6.85 Å². The monoisotopic (exact) mass is 618 g/mol. The number of aryl methyl sites for hydroxylation is 3. The molecule has 0 atom stereocenters. The van der Waals surface area contributed by atoms with E-state index in [-0.39, 0.29) is 17.7 Å². The SMILES string of the molecule is Cc1cc(C)c(-c2cc3c4c(c2)N2c5ccccc5C(C)(C)c5cccc(c52)B4N2c4ccccc4C(C)(C)c4cccc-3c42)c(C)c1. The first-order chi connectivity index (χ1) is 23.1. The topological polar surface area (TPSA) is 6.48 Å². The maximum atomic E-state index is 2.71. The third-order valence-electron chi connectivity index (χ3n) is 12.1. The Morgan fingerprint density at radius 2 is 1.10 bits per heavy atom. The second kappa shape index (κ2) is 9.11. The van der Waals surface area contributed by atoms with Gasteiger partial charge in [-0.2, -0.15) is 0 Å². The number of nitrogens with zero attached hydrogens (tertiary/aromatic N) is 2. The van der Waals surface area contributed by atoms with E-state index in [9.17, 15) is 0 Å². The van der Waals surface area contributed by atoms with Crippen molar-refractivity contribution in [2.75, 3.05) is 9.71 Å². The number of hydrogen-bond acceptors (Lipinski definition) is 2. The number of fused-ring (bicyclic) bond motifs is 8. The second-order valence-corrected chi connectivity index (χ2v) is 15.6. The summed E-state index contributed by atoms with van der Waals surface area (Å²) in [5.74, 6) is 0. The van der Waals surface area contributed by atoms with Crippen molar-refractivity contribution in [2.24, 2.45) is 0 Å². The van der Waals surface area contributed by atoms with E-state index in [1.165, 1.54) is 101 Å². The first kappa shape index (κ1) is 28.0. The van der Waals surface area contributed by atoms with Crippen molar-refractivity contribution < 1.29 is 0 Å². The summed E-state index contributed by atoms with van der Waals surface area (Å²) in [7, 11) is 0. The molecular formula is C45H39BN2. The molecule has 0 aliphatic carbocycles. The molecule has 0 saturated carbocycles. The minimum absolute atomic E-state index is 0.0439. The molecule has 0 amide bonds. The highest BCUT2D eigenvalue weighted by molar-refractivity contribution is 6.93. The lowest BCUT2D eigenvalue weighted by atomic mass is 9.41. The van der Waals surface area contributed by atoms with Crippen LogP contribution in [0.5, 0.6) is 0 Å². The normalized spacial score (nSPS) is 16.4. The van der Waals surface area contributed by atoms with Gasteiger partial charge in [-0.25, -0.2) is 0 Å². The number of benzene rings is 6. The van der Waals surface area contributed by atoms with Crippen LogP contribution in [0.4, 0.5) is 28.4 Å². The van der Waals surface area contributed by atoms with Crippen LogP contribution in [0.15, 0.2) is 109 Å². The van der Waals surface area contributed by atoms with Crippen molar-refractivity contribution in [2.45, 2.75) is 59.3 Å². The summed E-state index contributed by atoms with van der Waals surface area (Å²) in [6.45, 7) is 16.4. The van der Waals surface area contributed by atoms with Gasteiger partial charge in [-0.3, -0.25) is 0 Å². The molecule has 6 aromatic carbocycles. The third kappa shape index (κ3) is 3.30. The van der Waals surface area contributed by atoms with Crippen LogP contribution in [0, 0.1) is 20.8 Å². The molecule has 48 heavy (non-hydrogen) atoms. The van der Waals surface area contributed by atoms with E-state index < -0.39 is 0 Å². The molecule has 0 N–H and O–H groups in total. The number of anilines is 5. The van der Waals surface area contributed by atoms with Crippen molar-refractivity contribution in [3.8, 4) is 22.3 Å². The maximum Gasteiger partial charge on any atom is 0.333 e. The highest BCUT2D eigenvalue weighted by Crippen LogP contribution is 2.58. The maximum absolute atomic E-state index is 2.71. The van der Waals surface area contributed by atoms with Crippen molar-refractivity contribution in [1.82, 2.24) is 0 Å². The van der Waals surface area contributed by atoms with Crippen LogP contribution in [-0.2, 0) is 10.8 Å². The summed E-state index contributed by atoms with van der Waals surface area (Å²) >= 11 is 0. The first-order valence-electron chi connectivity index (χ1n) is 17.4. The van der Waals surface area contributed by atoms with Crippen molar-refractivity contribution in [3.05, 3.63) is 148 Å². The van der Waals surface area contributed by atoms with E-state index >= 15 is 0 Å². The molecule has 4 aliphatic rings. The fourth-order valence-electron chi connectivity index (χ4n) is 10.1. The number of para-hydroxylation sites is 4. The molecule has 232 valence electrons. The van der Waals surface area contributed by atoms with Crippen LogP contribution >= 0.6 is 0 Å². The molecule has 0 fully saturated rings. The molecule has 4 heterocycles. The van der Waals surface area contributed by atoms with Gasteiger partial charge in [-0.05, 0) is 106 Å². The van der Waals surface area contributed by atoms with Gasteiger partial charge in [0.2, 0.25) is 0 Å². The summed E-state index contributed by atoms with van der Waals surface area (Å²) in [5.41, 5.74) is 24.0.